The Kier molecular flexibility index (Phi) is 7.53. The molecule has 0 spiro atoms. The molecule has 0 atom stereocenters. The fourth-order valence-electron chi connectivity index (χ4n) is 3.32. The molecule has 3 N–H and O–H groups in total. The molecule has 2 amide bonds. The molecule has 172 valence electrons. The highest BCUT2D eigenvalue weighted by atomic mass is 16.5. The summed E-state index contributed by atoms with van der Waals surface area (Å²) in [5.74, 6) is 0.0286. The van der Waals surface area contributed by atoms with E-state index in [1.54, 1.807) is 11.6 Å². The zero-order valence-electron chi connectivity index (χ0n) is 18.6. The Morgan fingerprint density at radius 3 is 2.24 bits per heavy atom. The summed E-state index contributed by atoms with van der Waals surface area (Å²) in [4.78, 5) is 24.1. The van der Waals surface area contributed by atoms with E-state index < -0.39 is 5.91 Å². The zero-order valence-corrected chi connectivity index (χ0v) is 18.6. The number of amides is 2. The first-order valence-corrected chi connectivity index (χ1v) is 11.1. The Labute approximate surface area is 198 Å². The van der Waals surface area contributed by atoms with E-state index in [-0.39, 0.29) is 11.9 Å². The monoisotopic (exact) mass is 454 g/mol. The van der Waals surface area contributed by atoms with Crippen LogP contribution in [-0.4, -0.2) is 23.1 Å². The SMILES string of the molecule is O=C(/C=C/c1ccc(/C=C(/C(=O)NC2CC2)c2ccc(OCc3ccccc3)cc2)cc1)NO. The lowest BCUT2D eigenvalue weighted by molar-refractivity contribution is -0.124. The van der Waals surface area contributed by atoms with E-state index in [0.717, 1.165) is 40.8 Å². The van der Waals surface area contributed by atoms with Crippen molar-refractivity contribution in [2.75, 3.05) is 0 Å². The number of carbonyl (C=O) groups excluding carboxylic acids is 2. The van der Waals surface area contributed by atoms with Crippen LogP contribution in [0.3, 0.4) is 0 Å². The van der Waals surface area contributed by atoms with Crippen molar-refractivity contribution in [3.05, 3.63) is 107 Å². The van der Waals surface area contributed by atoms with E-state index in [9.17, 15) is 9.59 Å². The number of rotatable bonds is 9. The van der Waals surface area contributed by atoms with Crippen molar-refractivity contribution < 1.29 is 19.5 Å². The Hall–Kier alpha value is -4.16. The predicted molar refractivity (Wildman–Crippen MR) is 132 cm³/mol. The van der Waals surface area contributed by atoms with Gasteiger partial charge < -0.3 is 10.1 Å². The van der Waals surface area contributed by atoms with E-state index in [1.165, 1.54) is 6.08 Å². The maximum Gasteiger partial charge on any atom is 0.267 e. The lowest BCUT2D eigenvalue weighted by Crippen LogP contribution is -2.26. The molecular weight excluding hydrogens is 428 g/mol. The van der Waals surface area contributed by atoms with E-state index in [0.29, 0.717) is 12.2 Å². The van der Waals surface area contributed by atoms with Gasteiger partial charge in [0.05, 0.1) is 0 Å². The molecule has 1 fully saturated rings. The van der Waals surface area contributed by atoms with Crippen LogP contribution in [0.2, 0.25) is 0 Å². The molecule has 0 aromatic heterocycles. The molecule has 1 aliphatic rings. The molecule has 0 radical (unpaired) electrons. The van der Waals surface area contributed by atoms with E-state index >= 15 is 0 Å². The third kappa shape index (κ3) is 6.67. The Balaban J connectivity index is 1.51. The van der Waals surface area contributed by atoms with Crippen LogP contribution in [0.1, 0.15) is 35.1 Å². The summed E-state index contributed by atoms with van der Waals surface area (Å²) in [6.07, 6.45) is 6.70. The van der Waals surface area contributed by atoms with Gasteiger partial charge >= 0.3 is 0 Å². The number of benzene rings is 3. The molecule has 1 aliphatic carbocycles. The van der Waals surface area contributed by atoms with Crippen molar-refractivity contribution in [2.24, 2.45) is 0 Å². The van der Waals surface area contributed by atoms with Crippen molar-refractivity contribution >= 4 is 29.5 Å². The molecule has 0 aliphatic heterocycles. The van der Waals surface area contributed by atoms with Crippen LogP contribution < -0.4 is 15.5 Å². The molecule has 34 heavy (non-hydrogen) atoms. The lowest BCUT2D eigenvalue weighted by Gasteiger charge is -2.11. The largest absolute Gasteiger partial charge is 0.489 e. The van der Waals surface area contributed by atoms with Crippen molar-refractivity contribution in [3.8, 4) is 5.75 Å². The summed E-state index contributed by atoms with van der Waals surface area (Å²) in [5.41, 5.74) is 5.67. The highest BCUT2D eigenvalue weighted by Gasteiger charge is 2.25. The van der Waals surface area contributed by atoms with Gasteiger partial charge in [-0.1, -0.05) is 66.7 Å². The van der Waals surface area contributed by atoms with Crippen molar-refractivity contribution in [1.29, 1.82) is 0 Å². The van der Waals surface area contributed by atoms with Crippen LogP contribution in [0.15, 0.2) is 84.9 Å². The van der Waals surface area contributed by atoms with Crippen molar-refractivity contribution in [2.45, 2.75) is 25.5 Å². The van der Waals surface area contributed by atoms with Gasteiger partial charge in [-0.25, -0.2) is 5.48 Å². The van der Waals surface area contributed by atoms with E-state index in [2.05, 4.69) is 5.32 Å². The first-order valence-electron chi connectivity index (χ1n) is 11.1. The maximum atomic E-state index is 13.0. The van der Waals surface area contributed by atoms with Crippen LogP contribution in [-0.2, 0) is 16.2 Å². The van der Waals surface area contributed by atoms with Gasteiger partial charge in [-0.2, -0.15) is 0 Å². The molecule has 3 aromatic rings. The minimum absolute atomic E-state index is 0.107. The number of carbonyl (C=O) groups is 2. The molecule has 6 heteroatoms. The second kappa shape index (κ2) is 11.1. The van der Waals surface area contributed by atoms with E-state index in [4.69, 9.17) is 9.94 Å². The normalized spacial score (nSPS) is 13.5. The van der Waals surface area contributed by atoms with Crippen LogP contribution in [0.4, 0.5) is 0 Å². The average molecular weight is 455 g/mol. The van der Waals surface area contributed by atoms with Gasteiger partial charge in [0.1, 0.15) is 12.4 Å². The number of ether oxygens (including phenoxy) is 1. The van der Waals surface area contributed by atoms with Gasteiger partial charge in [0.15, 0.2) is 0 Å². The minimum Gasteiger partial charge on any atom is -0.489 e. The number of hydrogen-bond donors (Lipinski definition) is 3. The van der Waals surface area contributed by atoms with E-state index in [1.807, 2.05) is 84.9 Å². The molecule has 0 saturated heterocycles. The van der Waals surface area contributed by atoms with Gasteiger partial charge in [0, 0.05) is 17.7 Å². The smallest absolute Gasteiger partial charge is 0.267 e. The van der Waals surface area contributed by atoms with Gasteiger partial charge in [0.2, 0.25) is 0 Å². The number of hydroxylamine groups is 1. The second-order valence-corrected chi connectivity index (χ2v) is 8.08. The standard InChI is InChI=1S/C28H26N2O4/c31-27(30-33)17-10-20-6-8-21(9-7-20)18-26(28(32)29-24-13-14-24)23-11-15-25(16-12-23)34-19-22-4-2-1-3-5-22/h1-12,15-18,24,33H,13-14,19H2,(H,29,32)(H,30,31)/b17-10+,26-18+. The number of nitrogens with one attached hydrogen (secondary N) is 2. The van der Waals surface area contributed by atoms with Crippen LogP contribution >= 0.6 is 0 Å². The summed E-state index contributed by atoms with van der Waals surface area (Å²) < 4.78 is 5.87. The van der Waals surface area contributed by atoms with Gasteiger partial charge in [0.25, 0.3) is 11.8 Å². The summed E-state index contributed by atoms with van der Waals surface area (Å²) in [7, 11) is 0. The minimum atomic E-state index is -0.598. The van der Waals surface area contributed by atoms with Crippen LogP contribution in [0.5, 0.6) is 5.75 Å². The van der Waals surface area contributed by atoms with Crippen LogP contribution in [0, 0.1) is 0 Å². The third-order valence-corrected chi connectivity index (χ3v) is 5.36. The second-order valence-electron chi connectivity index (χ2n) is 8.08. The van der Waals surface area contributed by atoms with Gasteiger partial charge in [-0.3, -0.25) is 14.8 Å². The molecule has 1 saturated carbocycles. The molecule has 0 bridgehead atoms. The van der Waals surface area contributed by atoms with Crippen LogP contribution in [0.25, 0.3) is 17.7 Å². The average Bonchev–Trinajstić information content (AvgIpc) is 3.70. The van der Waals surface area contributed by atoms with Gasteiger partial charge in [-0.15, -0.1) is 0 Å². The summed E-state index contributed by atoms with van der Waals surface area (Å²) in [5, 5.41) is 11.6. The molecule has 6 nitrogen and oxygen atoms in total. The van der Waals surface area contributed by atoms with Crippen molar-refractivity contribution in [3.63, 3.8) is 0 Å². The third-order valence-electron chi connectivity index (χ3n) is 5.36. The van der Waals surface area contributed by atoms with Crippen molar-refractivity contribution in [1.82, 2.24) is 10.8 Å². The molecule has 3 aromatic carbocycles. The predicted octanol–water partition coefficient (Wildman–Crippen LogP) is 4.60. The molecule has 0 unspecified atom stereocenters. The van der Waals surface area contributed by atoms with Gasteiger partial charge in [-0.05, 0) is 59.4 Å². The Bertz CT molecular complexity index is 1180. The topological polar surface area (TPSA) is 87.7 Å². The maximum absolute atomic E-state index is 13.0. The first-order chi connectivity index (χ1) is 16.6. The molecule has 4 rings (SSSR count). The Morgan fingerprint density at radius 2 is 1.59 bits per heavy atom. The fourth-order valence-corrected chi connectivity index (χ4v) is 3.32. The molecule has 0 heterocycles. The highest BCUT2D eigenvalue weighted by Crippen LogP contribution is 2.25. The molecular formula is C28H26N2O4. The summed E-state index contributed by atoms with van der Waals surface area (Å²) in [6.45, 7) is 0.478. The highest BCUT2D eigenvalue weighted by molar-refractivity contribution is 6.24. The zero-order chi connectivity index (χ0) is 23.8. The summed E-state index contributed by atoms with van der Waals surface area (Å²) >= 11 is 0. The Morgan fingerprint density at radius 1 is 0.912 bits per heavy atom. The fraction of sp³-hybridized carbons (Fsp3) is 0.143. The first kappa shape index (κ1) is 23.0. The lowest BCUT2D eigenvalue weighted by atomic mass is 10.0. The number of hydrogen-bond acceptors (Lipinski definition) is 4. The summed E-state index contributed by atoms with van der Waals surface area (Å²) in [6, 6.07) is 25.1. The quantitative estimate of drug-likeness (QED) is 0.191.